The highest BCUT2D eigenvalue weighted by Crippen LogP contribution is 2.24. The van der Waals surface area contributed by atoms with Crippen LogP contribution in [0.5, 0.6) is 5.75 Å². The molecule has 1 saturated heterocycles. The molecule has 0 radical (unpaired) electrons. The molecule has 1 aliphatic rings. The Kier molecular flexibility index (Phi) is 7.03. The van der Waals surface area contributed by atoms with Crippen LogP contribution in [0.3, 0.4) is 0 Å². The smallest absolute Gasteiger partial charge is 0.293 e. The van der Waals surface area contributed by atoms with Crippen molar-refractivity contribution < 1.29 is 19.2 Å². The van der Waals surface area contributed by atoms with E-state index in [2.05, 4.69) is 38.5 Å². The topological polar surface area (TPSA) is 71.9 Å². The first kappa shape index (κ1) is 20.2. The number of ether oxygens (including phenoxy) is 1. The molecular weight excluding hydrogens is 330 g/mol. The van der Waals surface area contributed by atoms with Gasteiger partial charge in [-0.3, -0.25) is 20.4 Å². The van der Waals surface area contributed by atoms with Gasteiger partial charge in [0.15, 0.2) is 13.2 Å². The van der Waals surface area contributed by atoms with E-state index in [1.807, 2.05) is 24.3 Å². The van der Waals surface area contributed by atoms with Crippen LogP contribution in [0, 0.1) is 5.92 Å². The minimum atomic E-state index is -0.375. The summed E-state index contributed by atoms with van der Waals surface area (Å²) in [7, 11) is 0. The fraction of sp³-hybridized carbons (Fsp3) is 0.600. The summed E-state index contributed by atoms with van der Waals surface area (Å²) in [5.74, 6) is 0.834. The van der Waals surface area contributed by atoms with Gasteiger partial charge in [-0.2, -0.15) is 0 Å². The van der Waals surface area contributed by atoms with Crippen molar-refractivity contribution in [3.05, 3.63) is 29.8 Å². The molecule has 2 rings (SSSR count). The van der Waals surface area contributed by atoms with Crippen molar-refractivity contribution in [2.24, 2.45) is 5.92 Å². The highest BCUT2D eigenvalue weighted by Gasteiger charge is 2.21. The lowest BCUT2D eigenvalue weighted by Crippen LogP contribution is -3.14. The predicted molar refractivity (Wildman–Crippen MR) is 101 cm³/mol. The predicted octanol–water partition coefficient (Wildman–Crippen LogP) is 0.825. The Morgan fingerprint density at radius 3 is 2.23 bits per heavy atom. The molecule has 1 fully saturated rings. The van der Waals surface area contributed by atoms with Crippen LogP contribution >= 0.6 is 0 Å². The molecule has 1 aromatic rings. The van der Waals surface area contributed by atoms with E-state index in [0.717, 1.165) is 31.8 Å². The summed E-state index contributed by atoms with van der Waals surface area (Å²) in [5, 5.41) is 0. The molecule has 0 atom stereocenters. The second-order valence-electron chi connectivity index (χ2n) is 8.27. The monoisotopic (exact) mass is 362 g/mol. The number of quaternary nitrogens is 1. The van der Waals surface area contributed by atoms with Crippen LogP contribution in [0.2, 0.25) is 0 Å². The van der Waals surface area contributed by atoms with Crippen molar-refractivity contribution in [2.45, 2.75) is 46.0 Å². The molecule has 0 unspecified atom stereocenters. The molecule has 0 bridgehead atoms. The lowest BCUT2D eigenvalue weighted by Gasteiger charge is -2.26. The third-order valence-electron chi connectivity index (χ3n) is 4.82. The standard InChI is InChI=1S/C20H31N3O3/c1-15-9-11-23(12-10-15)13-18(24)21-22-19(25)14-26-17-7-5-16(6-8-17)20(2,3)4/h5-8,15H,9-14H2,1-4H3,(H,21,24)(H,22,25)/p+1. The summed E-state index contributed by atoms with van der Waals surface area (Å²) in [5.41, 5.74) is 6.16. The molecule has 144 valence electrons. The number of carbonyl (C=O) groups is 2. The van der Waals surface area contributed by atoms with Gasteiger partial charge in [0.1, 0.15) is 5.75 Å². The fourth-order valence-corrected chi connectivity index (χ4v) is 2.99. The third kappa shape index (κ3) is 6.67. The van der Waals surface area contributed by atoms with Gasteiger partial charge in [-0.25, -0.2) is 0 Å². The first-order valence-corrected chi connectivity index (χ1v) is 9.38. The zero-order chi connectivity index (χ0) is 19.2. The maximum Gasteiger partial charge on any atom is 0.293 e. The zero-order valence-electron chi connectivity index (χ0n) is 16.4. The SMILES string of the molecule is CC1CC[NH+](CC(=O)NNC(=O)COc2ccc(C(C)(C)C)cc2)CC1. The Morgan fingerprint density at radius 2 is 1.65 bits per heavy atom. The number of hydrogen-bond acceptors (Lipinski definition) is 3. The number of carbonyl (C=O) groups excluding carboxylic acids is 2. The highest BCUT2D eigenvalue weighted by atomic mass is 16.5. The number of benzene rings is 1. The van der Waals surface area contributed by atoms with Gasteiger partial charge in [-0.15, -0.1) is 0 Å². The van der Waals surface area contributed by atoms with Crippen molar-refractivity contribution >= 4 is 11.8 Å². The Hall–Kier alpha value is -2.08. The highest BCUT2D eigenvalue weighted by molar-refractivity contribution is 5.83. The molecule has 2 amide bonds. The molecule has 0 spiro atoms. The summed E-state index contributed by atoms with van der Waals surface area (Å²) in [6.07, 6.45) is 2.30. The number of hydrazine groups is 1. The van der Waals surface area contributed by atoms with E-state index >= 15 is 0 Å². The number of amides is 2. The lowest BCUT2D eigenvalue weighted by atomic mass is 9.87. The van der Waals surface area contributed by atoms with Crippen LogP contribution in [0.15, 0.2) is 24.3 Å². The van der Waals surface area contributed by atoms with Crippen molar-refractivity contribution in [1.82, 2.24) is 10.9 Å². The summed E-state index contributed by atoms with van der Waals surface area (Å²) >= 11 is 0. The largest absolute Gasteiger partial charge is 0.484 e. The second kappa shape index (κ2) is 9.03. The van der Waals surface area contributed by atoms with E-state index in [-0.39, 0.29) is 23.8 Å². The summed E-state index contributed by atoms with van der Waals surface area (Å²) < 4.78 is 5.46. The van der Waals surface area contributed by atoms with Gasteiger partial charge in [-0.1, -0.05) is 39.8 Å². The molecule has 1 aliphatic heterocycles. The summed E-state index contributed by atoms with van der Waals surface area (Å²) in [6, 6.07) is 7.70. The maximum absolute atomic E-state index is 11.9. The Balaban J connectivity index is 1.66. The van der Waals surface area contributed by atoms with Gasteiger partial charge in [0.2, 0.25) is 0 Å². The van der Waals surface area contributed by atoms with Crippen LogP contribution in [-0.4, -0.2) is 38.1 Å². The van der Waals surface area contributed by atoms with Gasteiger partial charge < -0.3 is 9.64 Å². The molecule has 1 heterocycles. The van der Waals surface area contributed by atoms with Crippen molar-refractivity contribution in [3.63, 3.8) is 0 Å². The molecule has 3 N–H and O–H groups in total. The van der Waals surface area contributed by atoms with E-state index in [1.54, 1.807) is 0 Å². The molecule has 26 heavy (non-hydrogen) atoms. The van der Waals surface area contributed by atoms with Gasteiger partial charge in [0.05, 0.1) is 13.1 Å². The summed E-state index contributed by atoms with van der Waals surface area (Å²) in [6.45, 7) is 11.0. The van der Waals surface area contributed by atoms with Crippen molar-refractivity contribution in [1.29, 1.82) is 0 Å². The number of nitrogens with one attached hydrogen (secondary N) is 3. The van der Waals surface area contributed by atoms with E-state index < -0.39 is 0 Å². The van der Waals surface area contributed by atoms with E-state index in [0.29, 0.717) is 12.3 Å². The minimum absolute atomic E-state index is 0.0779. The first-order chi connectivity index (χ1) is 12.2. The van der Waals surface area contributed by atoms with E-state index in [9.17, 15) is 9.59 Å². The number of piperidine rings is 1. The molecule has 6 nitrogen and oxygen atoms in total. The summed E-state index contributed by atoms with van der Waals surface area (Å²) in [4.78, 5) is 25.0. The van der Waals surface area contributed by atoms with Crippen LogP contribution in [-0.2, 0) is 15.0 Å². The molecule has 0 saturated carbocycles. The molecule has 0 aliphatic carbocycles. The number of likely N-dealkylation sites (tertiary alicyclic amines) is 1. The van der Waals surface area contributed by atoms with Gasteiger partial charge in [-0.05, 0) is 41.9 Å². The average Bonchev–Trinajstić information content (AvgIpc) is 2.60. The van der Waals surface area contributed by atoms with Crippen LogP contribution < -0.4 is 20.5 Å². The zero-order valence-corrected chi connectivity index (χ0v) is 16.4. The van der Waals surface area contributed by atoms with Crippen LogP contribution in [0.1, 0.15) is 46.1 Å². The molecule has 6 heteroatoms. The number of rotatable bonds is 5. The fourth-order valence-electron chi connectivity index (χ4n) is 2.99. The van der Waals surface area contributed by atoms with Gasteiger partial charge in [0.25, 0.3) is 11.8 Å². The molecular formula is C20H32N3O3+. The normalized spacial score (nSPS) is 20.3. The van der Waals surface area contributed by atoms with Crippen LogP contribution in [0.4, 0.5) is 0 Å². The third-order valence-corrected chi connectivity index (χ3v) is 4.82. The van der Waals surface area contributed by atoms with E-state index in [4.69, 9.17) is 4.74 Å². The van der Waals surface area contributed by atoms with Crippen molar-refractivity contribution in [3.8, 4) is 5.75 Å². The van der Waals surface area contributed by atoms with Gasteiger partial charge in [0, 0.05) is 0 Å². The van der Waals surface area contributed by atoms with E-state index in [1.165, 1.54) is 10.5 Å². The average molecular weight is 362 g/mol. The Labute approximate surface area is 156 Å². The Morgan fingerprint density at radius 1 is 1.08 bits per heavy atom. The second-order valence-corrected chi connectivity index (χ2v) is 8.27. The number of hydrogen-bond donors (Lipinski definition) is 3. The van der Waals surface area contributed by atoms with Gasteiger partial charge >= 0.3 is 0 Å². The minimum Gasteiger partial charge on any atom is -0.484 e. The quantitative estimate of drug-likeness (QED) is 0.680. The molecule has 0 aromatic heterocycles. The van der Waals surface area contributed by atoms with Crippen molar-refractivity contribution in [2.75, 3.05) is 26.2 Å². The molecule has 1 aromatic carbocycles. The Bertz CT molecular complexity index is 600. The maximum atomic E-state index is 11.9. The first-order valence-electron chi connectivity index (χ1n) is 9.38. The van der Waals surface area contributed by atoms with Crippen LogP contribution in [0.25, 0.3) is 0 Å². The lowest BCUT2D eigenvalue weighted by molar-refractivity contribution is -0.898.